The van der Waals surface area contributed by atoms with Gasteiger partial charge in [0.15, 0.2) is 0 Å². The molecule has 0 spiro atoms. The third-order valence-corrected chi connectivity index (χ3v) is 4.85. The van der Waals surface area contributed by atoms with Crippen molar-refractivity contribution in [2.24, 2.45) is 0 Å². The molecular weight excluding hydrogens is 380 g/mol. The maximum absolute atomic E-state index is 13.0. The minimum Gasteiger partial charge on any atom is -0.394 e. The van der Waals surface area contributed by atoms with Gasteiger partial charge in [-0.15, -0.1) is 0 Å². The smallest absolute Gasteiger partial charge is 0.254 e. The molecule has 29 heavy (non-hydrogen) atoms. The van der Waals surface area contributed by atoms with Crippen LogP contribution in [0.15, 0.2) is 18.3 Å². The number of rotatable bonds is 3. The van der Waals surface area contributed by atoms with E-state index in [4.69, 9.17) is 9.47 Å². The standard InChI is InChI=1S/C20H32N2O7/c1-14-11-15(5-6-21-14)20(27)22-7-4-9-28-8-2-3-10-29-19(17(25)13-23)18(26)16(24)12-22/h5-6,11,16-19,23-26H,2-4,7-10,12-13H2,1H3/t16-,17-,18-,19-/m1/s1. The van der Waals surface area contributed by atoms with E-state index in [-0.39, 0.29) is 19.1 Å². The molecule has 2 rings (SSSR count). The van der Waals surface area contributed by atoms with Gasteiger partial charge in [0.05, 0.1) is 6.61 Å². The Labute approximate surface area is 170 Å². The summed E-state index contributed by atoms with van der Waals surface area (Å²) in [6.07, 6.45) is -1.83. The van der Waals surface area contributed by atoms with Gasteiger partial charge in [-0.3, -0.25) is 9.78 Å². The second-order valence-corrected chi connectivity index (χ2v) is 7.25. The highest BCUT2D eigenvalue weighted by Gasteiger charge is 2.34. The fraction of sp³-hybridized carbons (Fsp3) is 0.700. The zero-order chi connectivity index (χ0) is 21.2. The van der Waals surface area contributed by atoms with Crippen molar-refractivity contribution >= 4 is 5.91 Å². The van der Waals surface area contributed by atoms with Crippen LogP contribution in [-0.2, 0) is 9.47 Å². The van der Waals surface area contributed by atoms with Crippen molar-refractivity contribution in [1.82, 2.24) is 9.88 Å². The Hall–Kier alpha value is -1.62. The van der Waals surface area contributed by atoms with Crippen LogP contribution in [0.4, 0.5) is 0 Å². The van der Waals surface area contributed by atoms with Gasteiger partial charge in [-0.25, -0.2) is 0 Å². The van der Waals surface area contributed by atoms with Crippen LogP contribution >= 0.6 is 0 Å². The van der Waals surface area contributed by atoms with E-state index in [1.165, 1.54) is 4.90 Å². The fourth-order valence-corrected chi connectivity index (χ4v) is 3.22. The third kappa shape index (κ3) is 7.29. The van der Waals surface area contributed by atoms with Crippen LogP contribution in [0.1, 0.15) is 35.3 Å². The number of amides is 1. The topological polar surface area (TPSA) is 133 Å². The van der Waals surface area contributed by atoms with Crippen LogP contribution < -0.4 is 0 Å². The number of pyridine rings is 1. The van der Waals surface area contributed by atoms with Crippen molar-refractivity contribution in [3.05, 3.63) is 29.6 Å². The Morgan fingerprint density at radius 1 is 1.28 bits per heavy atom. The molecule has 9 nitrogen and oxygen atoms in total. The van der Waals surface area contributed by atoms with Gasteiger partial charge >= 0.3 is 0 Å². The van der Waals surface area contributed by atoms with Gasteiger partial charge < -0.3 is 34.8 Å². The lowest BCUT2D eigenvalue weighted by Crippen LogP contribution is -2.52. The molecule has 2 heterocycles. The number of hydrogen-bond acceptors (Lipinski definition) is 8. The SMILES string of the molecule is Cc1cc(C(=O)N2CCCOCCCCO[C@H]([C@H](O)CO)[C@H](O)[C@H](O)C2)ccn1. The summed E-state index contributed by atoms with van der Waals surface area (Å²) in [4.78, 5) is 18.5. The Bertz CT molecular complexity index is 631. The minimum atomic E-state index is -1.47. The highest BCUT2D eigenvalue weighted by atomic mass is 16.5. The lowest BCUT2D eigenvalue weighted by Gasteiger charge is -2.33. The second-order valence-electron chi connectivity index (χ2n) is 7.25. The number of aromatic nitrogens is 1. The van der Waals surface area contributed by atoms with Crippen LogP contribution in [0.5, 0.6) is 0 Å². The number of ether oxygens (including phenoxy) is 2. The number of hydrogen-bond donors (Lipinski definition) is 4. The van der Waals surface area contributed by atoms with Crippen molar-refractivity contribution in [1.29, 1.82) is 0 Å². The van der Waals surface area contributed by atoms with E-state index < -0.39 is 31.0 Å². The number of carbonyl (C=O) groups excluding carboxylic acids is 1. The first-order valence-electron chi connectivity index (χ1n) is 10.0. The molecule has 0 aromatic carbocycles. The van der Waals surface area contributed by atoms with Gasteiger partial charge in [-0.2, -0.15) is 0 Å². The van der Waals surface area contributed by atoms with Gasteiger partial charge in [0.25, 0.3) is 5.91 Å². The molecule has 164 valence electrons. The molecule has 0 aliphatic carbocycles. The number of β-amino-alcohol motifs (C(OH)–C–C–N with tert-alkyl or cyclic N) is 1. The zero-order valence-corrected chi connectivity index (χ0v) is 16.8. The lowest BCUT2D eigenvalue weighted by molar-refractivity contribution is -0.145. The Morgan fingerprint density at radius 3 is 2.72 bits per heavy atom. The molecule has 1 saturated heterocycles. The normalized spacial score (nSPS) is 26.5. The van der Waals surface area contributed by atoms with E-state index in [1.807, 2.05) is 0 Å². The molecule has 1 aliphatic rings. The van der Waals surface area contributed by atoms with Crippen molar-refractivity contribution < 1.29 is 34.7 Å². The quantitative estimate of drug-likeness (QED) is 0.522. The van der Waals surface area contributed by atoms with E-state index in [9.17, 15) is 25.2 Å². The molecule has 1 amide bonds. The van der Waals surface area contributed by atoms with E-state index >= 15 is 0 Å². The molecule has 0 bridgehead atoms. The maximum atomic E-state index is 13.0. The van der Waals surface area contributed by atoms with Crippen molar-refractivity contribution in [3.63, 3.8) is 0 Å². The number of aryl methyl sites for hydroxylation is 1. The van der Waals surface area contributed by atoms with E-state index in [1.54, 1.807) is 25.3 Å². The average molecular weight is 412 g/mol. The number of carbonyl (C=O) groups is 1. The van der Waals surface area contributed by atoms with Crippen LogP contribution in [0.3, 0.4) is 0 Å². The Balaban J connectivity index is 2.18. The first kappa shape index (κ1) is 23.7. The summed E-state index contributed by atoms with van der Waals surface area (Å²) in [7, 11) is 0. The van der Waals surface area contributed by atoms with Gasteiger partial charge in [-0.1, -0.05) is 0 Å². The van der Waals surface area contributed by atoms with Crippen molar-refractivity contribution in [3.8, 4) is 0 Å². The molecule has 4 N–H and O–H groups in total. The van der Waals surface area contributed by atoms with Crippen LogP contribution in [0, 0.1) is 6.92 Å². The molecule has 0 saturated carbocycles. The Morgan fingerprint density at radius 2 is 2.00 bits per heavy atom. The molecule has 1 aromatic rings. The Kier molecular flexibility index (Phi) is 9.92. The van der Waals surface area contributed by atoms with Gasteiger partial charge in [-0.05, 0) is 38.3 Å². The van der Waals surface area contributed by atoms with Gasteiger partial charge in [0.1, 0.15) is 24.4 Å². The highest BCUT2D eigenvalue weighted by Crippen LogP contribution is 2.15. The minimum absolute atomic E-state index is 0.153. The highest BCUT2D eigenvalue weighted by molar-refractivity contribution is 5.94. The van der Waals surface area contributed by atoms with E-state index in [0.29, 0.717) is 43.9 Å². The number of nitrogens with zero attached hydrogens (tertiary/aromatic N) is 2. The third-order valence-electron chi connectivity index (χ3n) is 4.85. The molecule has 1 aromatic heterocycles. The summed E-state index contributed by atoms with van der Waals surface area (Å²) in [5.41, 5.74) is 1.13. The summed E-state index contributed by atoms with van der Waals surface area (Å²) in [6, 6.07) is 3.26. The van der Waals surface area contributed by atoms with Crippen molar-refractivity contribution in [2.75, 3.05) is 39.5 Å². The molecule has 4 atom stereocenters. The maximum Gasteiger partial charge on any atom is 0.254 e. The summed E-state index contributed by atoms with van der Waals surface area (Å²) in [6.45, 7) is 2.61. The van der Waals surface area contributed by atoms with Crippen molar-refractivity contribution in [2.45, 2.75) is 50.6 Å². The number of aliphatic hydroxyl groups excluding tert-OH is 4. The van der Waals surface area contributed by atoms with E-state index in [0.717, 1.165) is 6.42 Å². The predicted molar refractivity (Wildman–Crippen MR) is 104 cm³/mol. The molecule has 1 fully saturated rings. The van der Waals surface area contributed by atoms with Crippen LogP contribution in [0.2, 0.25) is 0 Å². The molecular formula is C20H32N2O7. The monoisotopic (exact) mass is 412 g/mol. The fourth-order valence-electron chi connectivity index (χ4n) is 3.22. The molecule has 1 aliphatic heterocycles. The summed E-state index contributed by atoms with van der Waals surface area (Å²) < 4.78 is 11.1. The first-order valence-corrected chi connectivity index (χ1v) is 10.0. The largest absolute Gasteiger partial charge is 0.394 e. The number of aliphatic hydroxyl groups is 4. The average Bonchev–Trinajstić information content (AvgIpc) is 2.72. The lowest BCUT2D eigenvalue weighted by atomic mass is 10.0. The summed E-state index contributed by atoms with van der Waals surface area (Å²) >= 11 is 0. The molecule has 0 unspecified atom stereocenters. The zero-order valence-electron chi connectivity index (χ0n) is 16.8. The van der Waals surface area contributed by atoms with Gasteiger partial charge in [0.2, 0.25) is 0 Å². The predicted octanol–water partition coefficient (Wildman–Crippen LogP) is -0.507. The first-order chi connectivity index (χ1) is 13.9. The summed E-state index contributed by atoms with van der Waals surface area (Å²) in [5.74, 6) is -0.297. The van der Waals surface area contributed by atoms with Gasteiger partial charge in [0, 0.05) is 50.4 Å². The molecule has 9 heteroatoms. The van der Waals surface area contributed by atoms with Crippen LogP contribution in [0.25, 0.3) is 0 Å². The van der Waals surface area contributed by atoms with Crippen LogP contribution in [-0.4, -0.2) is 100 Å². The second kappa shape index (κ2) is 12.2. The van der Waals surface area contributed by atoms with E-state index in [2.05, 4.69) is 4.98 Å². The summed E-state index contributed by atoms with van der Waals surface area (Å²) in [5, 5.41) is 40.4. The molecule has 0 radical (unpaired) electrons.